The quantitative estimate of drug-likeness (QED) is 0.934. The van der Waals surface area contributed by atoms with Crippen LogP contribution in [-0.4, -0.2) is 25.0 Å². The number of benzene rings is 2. The molecule has 21 heavy (non-hydrogen) atoms. The monoisotopic (exact) mass is 277 g/mol. The van der Waals surface area contributed by atoms with E-state index in [-0.39, 0.29) is 0 Å². The standard InChI is InChI=1S/C18H19N3/c1-2-6-14(7-3-1)13-21-16-9-5-4-8-15(16)12-17(21)18-19-10-11-20-18/h1-9,17H,10-13H2,(H,19,20)/t17-/m1/s1. The summed E-state index contributed by atoms with van der Waals surface area (Å²) in [5.74, 6) is 1.15. The molecule has 2 aliphatic rings. The molecular formula is C18H19N3. The average Bonchev–Trinajstić information content (AvgIpc) is 3.16. The van der Waals surface area contributed by atoms with Gasteiger partial charge < -0.3 is 10.2 Å². The summed E-state index contributed by atoms with van der Waals surface area (Å²) in [6.07, 6.45) is 1.05. The zero-order chi connectivity index (χ0) is 14.1. The molecule has 0 amide bonds. The molecule has 4 rings (SSSR count). The van der Waals surface area contributed by atoms with Gasteiger partial charge in [-0.3, -0.25) is 4.99 Å². The second-order valence-corrected chi connectivity index (χ2v) is 5.66. The molecule has 0 spiro atoms. The van der Waals surface area contributed by atoms with Gasteiger partial charge in [0.2, 0.25) is 0 Å². The first-order chi connectivity index (χ1) is 10.4. The van der Waals surface area contributed by atoms with Crippen LogP contribution in [0.2, 0.25) is 0 Å². The molecule has 2 aromatic carbocycles. The summed E-state index contributed by atoms with van der Waals surface area (Å²) in [4.78, 5) is 7.14. The number of anilines is 1. The minimum Gasteiger partial charge on any atom is -0.370 e. The van der Waals surface area contributed by atoms with Gasteiger partial charge in [0, 0.05) is 25.2 Å². The summed E-state index contributed by atoms with van der Waals surface area (Å²) in [7, 11) is 0. The summed E-state index contributed by atoms with van der Waals surface area (Å²) in [5.41, 5.74) is 4.12. The lowest BCUT2D eigenvalue weighted by atomic mass is 10.1. The normalized spacial score (nSPS) is 20.1. The van der Waals surface area contributed by atoms with Crippen LogP contribution < -0.4 is 10.2 Å². The number of para-hydroxylation sites is 1. The highest BCUT2D eigenvalue weighted by Gasteiger charge is 2.33. The molecule has 3 heteroatoms. The van der Waals surface area contributed by atoms with E-state index < -0.39 is 0 Å². The van der Waals surface area contributed by atoms with Crippen LogP contribution in [0.5, 0.6) is 0 Å². The van der Waals surface area contributed by atoms with Crippen molar-refractivity contribution in [2.45, 2.75) is 19.0 Å². The van der Waals surface area contributed by atoms with Gasteiger partial charge in [0.1, 0.15) is 5.84 Å². The lowest BCUT2D eigenvalue weighted by Gasteiger charge is -2.28. The predicted octanol–water partition coefficient (Wildman–Crippen LogP) is 2.62. The van der Waals surface area contributed by atoms with Gasteiger partial charge in [-0.15, -0.1) is 0 Å². The Hall–Kier alpha value is -2.29. The van der Waals surface area contributed by atoms with Crippen molar-refractivity contribution >= 4 is 11.5 Å². The van der Waals surface area contributed by atoms with E-state index in [1.54, 1.807) is 0 Å². The van der Waals surface area contributed by atoms with Gasteiger partial charge in [0.25, 0.3) is 0 Å². The highest BCUT2D eigenvalue weighted by Crippen LogP contribution is 2.33. The SMILES string of the molecule is c1ccc(CN2c3ccccc3C[C@@H]2C2=NCCN2)cc1. The number of rotatable bonds is 3. The molecule has 0 aliphatic carbocycles. The third kappa shape index (κ3) is 2.29. The van der Waals surface area contributed by atoms with Gasteiger partial charge in [-0.25, -0.2) is 0 Å². The topological polar surface area (TPSA) is 27.6 Å². The number of fused-ring (bicyclic) bond motifs is 1. The second-order valence-electron chi connectivity index (χ2n) is 5.66. The Morgan fingerprint density at radius 3 is 2.67 bits per heavy atom. The Labute approximate surface area is 125 Å². The number of hydrogen-bond donors (Lipinski definition) is 1. The van der Waals surface area contributed by atoms with E-state index in [9.17, 15) is 0 Å². The van der Waals surface area contributed by atoms with Gasteiger partial charge in [-0.2, -0.15) is 0 Å². The van der Waals surface area contributed by atoms with Crippen LogP contribution in [0, 0.1) is 0 Å². The Balaban J connectivity index is 1.68. The molecule has 0 fully saturated rings. The van der Waals surface area contributed by atoms with Crippen LogP contribution in [0.3, 0.4) is 0 Å². The Bertz CT molecular complexity index is 663. The lowest BCUT2D eigenvalue weighted by molar-refractivity contribution is 0.739. The fraction of sp³-hybridized carbons (Fsp3) is 0.278. The van der Waals surface area contributed by atoms with Crippen molar-refractivity contribution in [2.75, 3.05) is 18.0 Å². The van der Waals surface area contributed by atoms with Crippen molar-refractivity contribution in [1.82, 2.24) is 5.32 Å². The van der Waals surface area contributed by atoms with Gasteiger partial charge in [-0.05, 0) is 17.2 Å². The van der Waals surface area contributed by atoms with Gasteiger partial charge in [0.05, 0.1) is 12.6 Å². The molecule has 2 heterocycles. The van der Waals surface area contributed by atoms with Gasteiger partial charge in [0.15, 0.2) is 0 Å². The summed E-state index contributed by atoms with van der Waals surface area (Å²) in [6, 6.07) is 19.8. The molecule has 0 saturated carbocycles. The molecule has 1 atom stereocenters. The maximum absolute atomic E-state index is 4.66. The third-order valence-corrected chi connectivity index (χ3v) is 4.30. The molecule has 0 radical (unpaired) electrons. The van der Waals surface area contributed by atoms with E-state index in [4.69, 9.17) is 0 Å². The third-order valence-electron chi connectivity index (χ3n) is 4.30. The molecule has 106 valence electrons. The lowest BCUT2D eigenvalue weighted by Crippen LogP contribution is -2.43. The van der Waals surface area contributed by atoms with Crippen molar-refractivity contribution in [2.24, 2.45) is 4.99 Å². The van der Waals surface area contributed by atoms with Crippen molar-refractivity contribution in [3.8, 4) is 0 Å². The van der Waals surface area contributed by atoms with E-state index in [0.717, 1.165) is 31.9 Å². The van der Waals surface area contributed by atoms with Crippen molar-refractivity contribution in [3.63, 3.8) is 0 Å². The Kier molecular flexibility index (Phi) is 3.11. The van der Waals surface area contributed by atoms with E-state index in [1.165, 1.54) is 16.8 Å². The Morgan fingerprint density at radius 1 is 1.05 bits per heavy atom. The number of aliphatic imine (C=N–C) groups is 1. The van der Waals surface area contributed by atoms with Crippen LogP contribution in [0.1, 0.15) is 11.1 Å². The first kappa shape index (κ1) is 12.5. The average molecular weight is 277 g/mol. The van der Waals surface area contributed by atoms with Crippen LogP contribution >= 0.6 is 0 Å². The van der Waals surface area contributed by atoms with E-state index in [1.807, 2.05) is 0 Å². The first-order valence-corrected chi connectivity index (χ1v) is 7.58. The van der Waals surface area contributed by atoms with E-state index >= 15 is 0 Å². The van der Waals surface area contributed by atoms with Crippen LogP contribution in [0.25, 0.3) is 0 Å². The van der Waals surface area contributed by atoms with E-state index in [2.05, 4.69) is 69.8 Å². The zero-order valence-corrected chi connectivity index (χ0v) is 12.0. The molecular weight excluding hydrogens is 258 g/mol. The smallest absolute Gasteiger partial charge is 0.120 e. The number of amidine groups is 1. The summed E-state index contributed by atoms with van der Waals surface area (Å²) < 4.78 is 0. The summed E-state index contributed by atoms with van der Waals surface area (Å²) in [6.45, 7) is 2.81. The summed E-state index contributed by atoms with van der Waals surface area (Å²) >= 11 is 0. The highest BCUT2D eigenvalue weighted by atomic mass is 15.2. The number of nitrogens with zero attached hydrogens (tertiary/aromatic N) is 2. The van der Waals surface area contributed by atoms with Crippen molar-refractivity contribution in [3.05, 3.63) is 65.7 Å². The zero-order valence-electron chi connectivity index (χ0n) is 12.0. The maximum atomic E-state index is 4.66. The van der Waals surface area contributed by atoms with Gasteiger partial charge >= 0.3 is 0 Å². The minimum absolute atomic E-state index is 0.352. The van der Waals surface area contributed by atoms with Crippen molar-refractivity contribution in [1.29, 1.82) is 0 Å². The highest BCUT2D eigenvalue weighted by molar-refractivity contribution is 5.93. The number of nitrogens with one attached hydrogen (secondary N) is 1. The Morgan fingerprint density at radius 2 is 1.86 bits per heavy atom. The van der Waals surface area contributed by atoms with Gasteiger partial charge in [-0.1, -0.05) is 48.5 Å². The molecule has 3 nitrogen and oxygen atoms in total. The molecule has 2 aliphatic heterocycles. The molecule has 0 bridgehead atoms. The molecule has 2 aromatic rings. The van der Waals surface area contributed by atoms with E-state index in [0.29, 0.717) is 6.04 Å². The fourth-order valence-electron chi connectivity index (χ4n) is 3.31. The molecule has 0 unspecified atom stereocenters. The first-order valence-electron chi connectivity index (χ1n) is 7.58. The molecule has 0 saturated heterocycles. The van der Waals surface area contributed by atoms with Crippen LogP contribution in [0.15, 0.2) is 59.6 Å². The fourth-order valence-corrected chi connectivity index (χ4v) is 3.31. The van der Waals surface area contributed by atoms with Crippen LogP contribution in [0.4, 0.5) is 5.69 Å². The predicted molar refractivity (Wildman–Crippen MR) is 86.9 cm³/mol. The minimum atomic E-state index is 0.352. The van der Waals surface area contributed by atoms with Crippen molar-refractivity contribution < 1.29 is 0 Å². The molecule has 0 aromatic heterocycles. The summed E-state index contributed by atoms with van der Waals surface area (Å²) in [5, 5.41) is 3.46. The second kappa shape index (κ2) is 5.24. The van der Waals surface area contributed by atoms with Crippen LogP contribution in [-0.2, 0) is 13.0 Å². The number of hydrogen-bond acceptors (Lipinski definition) is 3. The largest absolute Gasteiger partial charge is 0.370 e. The molecule has 1 N–H and O–H groups in total. The maximum Gasteiger partial charge on any atom is 0.120 e.